The Morgan fingerprint density at radius 1 is 1.50 bits per heavy atom. The maximum Gasteiger partial charge on any atom is 0.286 e. The molecule has 1 aromatic heterocycles. The van der Waals surface area contributed by atoms with Crippen molar-refractivity contribution in [3.8, 4) is 0 Å². The van der Waals surface area contributed by atoms with Crippen LogP contribution in [0.4, 0.5) is 0 Å². The zero-order valence-electron chi connectivity index (χ0n) is 11.6. The molecule has 2 amide bonds. The van der Waals surface area contributed by atoms with Gasteiger partial charge in [0.1, 0.15) is 0 Å². The molecule has 0 aromatic carbocycles. The fourth-order valence-electron chi connectivity index (χ4n) is 2.14. The number of carbonyl (C=O) groups is 2. The van der Waals surface area contributed by atoms with E-state index in [4.69, 9.17) is 9.15 Å². The minimum Gasteiger partial charge on any atom is -0.459 e. The lowest BCUT2D eigenvalue weighted by molar-refractivity contribution is -0.138. The van der Waals surface area contributed by atoms with Gasteiger partial charge in [0.15, 0.2) is 5.76 Å². The van der Waals surface area contributed by atoms with Gasteiger partial charge in [0.25, 0.3) is 5.91 Å². The molecule has 1 atom stereocenters. The number of rotatable bonds is 5. The number of hydrogen-bond donors (Lipinski definition) is 1. The molecule has 6 heteroatoms. The summed E-state index contributed by atoms with van der Waals surface area (Å²) < 4.78 is 10.4. The molecule has 0 aliphatic carbocycles. The predicted octanol–water partition coefficient (Wildman–Crippen LogP) is 1.04. The number of nitrogens with one attached hydrogen (secondary N) is 1. The van der Waals surface area contributed by atoms with Crippen LogP contribution in [-0.2, 0) is 9.53 Å². The lowest BCUT2D eigenvalue weighted by Crippen LogP contribution is -2.44. The smallest absolute Gasteiger partial charge is 0.286 e. The van der Waals surface area contributed by atoms with Crippen molar-refractivity contribution in [3.05, 3.63) is 24.2 Å². The molecule has 1 unspecified atom stereocenters. The van der Waals surface area contributed by atoms with E-state index in [2.05, 4.69) is 5.32 Å². The molecular formula is C14H20N2O4. The van der Waals surface area contributed by atoms with Crippen molar-refractivity contribution in [2.45, 2.75) is 25.9 Å². The molecule has 1 saturated heterocycles. The average Bonchev–Trinajstić information content (AvgIpc) is 2.97. The highest BCUT2D eigenvalue weighted by Crippen LogP contribution is 2.07. The predicted molar refractivity (Wildman–Crippen MR) is 72.3 cm³/mol. The Kier molecular flexibility index (Phi) is 5.17. The summed E-state index contributed by atoms with van der Waals surface area (Å²) in [6.07, 6.45) is 2.62. The van der Waals surface area contributed by atoms with Crippen molar-refractivity contribution in [1.82, 2.24) is 10.2 Å². The Balaban J connectivity index is 1.63. The molecule has 1 fully saturated rings. The fourth-order valence-corrected chi connectivity index (χ4v) is 2.14. The van der Waals surface area contributed by atoms with Crippen LogP contribution in [0.25, 0.3) is 0 Å². The highest BCUT2D eigenvalue weighted by Gasteiger charge is 2.20. The largest absolute Gasteiger partial charge is 0.459 e. The van der Waals surface area contributed by atoms with Gasteiger partial charge < -0.3 is 19.4 Å². The van der Waals surface area contributed by atoms with E-state index in [1.165, 1.54) is 6.26 Å². The Morgan fingerprint density at radius 3 is 3.05 bits per heavy atom. The van der Waals surface area contributed by atoms with Gasteiger partial charge in [-0.2, -0.15) is 0 Å². The van der Waals surface area contributed by atoms with Crippen molar-refractivity contribution in [1.29, 1.82) is 0 Å². The third-order valence-electron chi connectivity index (χ3n) is 3.19. The van der Waals surface area contributed by atoms with E-state index >= 15 is 0 Å². The van der Waals surface area contributed by atoms with Crippen molar-refractivity contribution in [2.75, 3.05) is 26.2 Å². The van der Waals surface area contributed by atoms with Crippen LogP contribution in [0.1, 0.15) is 30.3 Å². The van der Waals surface area contributed by atoms with Crippen LogP contribution in [0.2, 0.25) is 0 Å². The van der Waals surface area contributed by atoms with Crippen molar-refractivity contribution in [3.63, 3.8) is 0 Å². The zero-order valence-corrected chi connectivity index (χ0v) is 11.6. The Bertz CT molecular complexity index is 444. The van der Waals surface area contributed by atoms with E-state index in [9.17, 15) is 9.59 Å². The van der Waals surface area contributed by atoms with E-state index < -0.39 is 0 Å². The SMILES string of the molecule is CC1CN(C(=O)CCCNC(=O)c2ccco2)CCO1. The molecule has 1 aromatic rings. The highest BCUT2D eigenvalue weighted by molar-refractivity contribution is 5.91. The topological polar surface area (TPSA) is 71.8 Å². The summed E-state index contributed by atoms with van der Waals surface area (Å²) in [5.41, 5.74) is 0. The molecule has 0 saturated carbocycles. The Morgan fingerprint density at radius 2 is 2.35 bits per heavy atom. The number of ether oxygens (including phenoxy) is 1. The van der Waals surface area contributed by atoms with Crippen LogP contribution in [0.15, 0.2) is 22.8 Å². The average molecular weight is 280 g/mol. The van der Waals surface area contributed by atoms with Crippen LogP contribution in [0, 0.1) is 0 Å². The van der Waals surface area contributed by atoms with E-state index in [0.29, 0.717) is 44.8 Å². The summed E-state index contributed by atoms with van der Waals surface area (Å²) in [4.78, 5) is 25.4. The van der Waals surface area contributed by atoms with Gasteiger partial charge in [0.05, 0.1) is 19.0 Å². The molecule has 0 radical (unpaired) electrons. The van der Waals surface area contributed by atoms with Gasteiger partial charge in [-0.3, -0.25) is 9.59 Å². The monoisotopic (exact) mass is 280 g/mol. The van der Waals surface area contributed by atoms with Crippen LogP contribution in [0.3, 0.4) is 0 Å². The number of nitrogens with zero attached hydrogens (tertiary/aromatic N) is 1. The second-order valence-electron chi connectivity index (χ2n) is 4.86. The van der Waals surface area contributed by atoms with Gasteiger partial charge in [-0.05, 0) is 25.5 Å². The first-order valence-electron chi connectivity index (χ1n) is 6.88. The summed E-state index contributed by atoms with van der Waals surface area (Å²) in [6.45, 7) is 4.33. The summed E-state index contributed by atoms with van der Waals surface area (Å²) in [7, 11) is 0. The van der Waals surface area contributed by atoms with E-state index in [0.717, 1.165) is 0 Å². The molecule has 110 valence electrons. The summed E-state index contributed by atoms with van der Waals surface area (Å²) in [6, 6.07) is 3.27. The number of morpholine rings is 1. The standard InChI is InChI=1S/C14H20N2O4/c1-11-10-16(7-9-19-11)13(17)5-2-6-15-14(18)12-4-3-8-20-12/h3-4,8,11H,2,5-7,9-10H2,1H3,(H,15,18). The van der Waals surface area contributed by atoms with E-state index in [-0.39, 0.29) is 17.9 Å². The van der Waals surface area contributed by atoms with Gasteiger partial charge in [-0.15, -0.1) is 0 Å². The molecule has 6 nitrogen and oxygen atoms in total. The van der Waals surface area contributed by atoms with Gasteiger partial charge in [-0.25, -0.2) is 0 Å². The number of hydrogen-bond acceptors (Lipinski definition) is 4. The van der Waals surface area contributed by atoms with Gasteiger partial charge in [0, 0.05) is 26.1 Å². The zero-order chi connectivity index (χ0) is 14.4. The normalized spacial score (nSPS) is 18.9. The summed E-state index contributed by atoms with van der Waals surface area (Å²) >= 11 is 0. The van der Waals surface area contributed by atoms with E-state index in [1.807, 2.05) is 11.8 Å². The van der Waals surface area contributed by atoms with Gasteiger partial charge in [0.2, 0.25) is 5.91 Å². The molecule has 2 rings (SSSR count). The van der Waals surface area contributed by atoms with Crippen LogP contribution in [-0.4, -0.2) is 49.1 Å². The maximum atomic E-state index is 12.0. The summed E-state index contributed by atoms with van der Waals surface area (Å²) in [5, 5.41) is 2.72. The number of amides is 2. The summed E-state index contributed by atoms with van der Waals surface area (Å²) in [5.74, 6) is 0.160. The molecule has 20 heavy (non-hydrogen) atoms. The van der Waals surface area contributed by atoms with Crippen molar-refractivity contribution >= 4 is 11.8 Å². The number of furan rings is 1. The minimum absolute atomic E-state index is 0.103. The first kappa shape index (κ1) is 14.6. The lowest BCUT2D eigenvalue weighted by atomic mass is 10.2. The Labute approximate surface area is 118 Å². The van der Waals surface area contributed by atoms with Crippen LogP contribution >= 0.6 is 0 Å². The first-order chi connectivity index (χ1) is 9.66. The van der Waals surface area contributed by atoms with Gasteiger partial charge in [-0.1, -0.05) is 0 Å². The third-order valence-corrected chi connectivity index (χ3v) is 3.19. The quantitative estimate of drug-likeness (QED) is 0.818. The third kappa shape index (κ3) is 4.09. The second-order valence-corrected chi connectivity index (χ2v) is 4.86. The van der Waals surface area contributed by atoms with Crippen molar-refractivity contribution in [2.24, 2.45) is 0 Å². The molecular weight excluding hydrogens is 260 g/mol. The van der Waals surface area contributed by atoms with Crippen LogP contribution < -0.4 is 5.32 Å². The van der Waals surface area contributed by atoms with Crippen LogP contribution in [0.5, 0.6) is 0 Å². The van der Waals surface area contributed by atoms with Crippen molar-refractivity contribution < 1.29 is 18.7 Å². The fraction of sp³-hybridized carbons (Fsp3) is 0.571. The minimum atomic E-state index is -0.248. The second kappa shape index (κ2) is 7.09. The molecule has 0 spiro atoms. The van der Waals surface area contributed by atoms with Gasteiger partial charge >= 0.3 is 0 Å². The van der Waals surface area contributed by atoms with E-state index in [1.54, 1.807) is 12.1 Å². The molecule has 1 N–H and O–H groups in total. The molecule has 0 bridgehead atoms. The lowest BCUT2D eigenvalue weighted by Gasteiger charge is -2.31. The molecule has 2 heterocycles. The molecule has 1 aliphatic heterocycles. The highest BCUT2D eigenvalue weighted by atomic mass is 16.5. The number of carbonyl (C=O) groups excluding carboxylic acids is 2. The molecule has 1 aliphatic rings. The first-order valence-corrected chi connectivity index (χ1v) is 6.88. The maximum absolute atomic E-state index is 12.0. The Hall–Kier alpha value is -1.82.